The lowest BCUT2D eigenvalue weighted by atomic mass is 10.2. The first-order valence-electron chi connectivity index (χ1n) is 6.10. The predicted molar refractivity (Wildman–Crippen MR) is 73.8 cm³/mol. The van der Waals surface area contributed by atoms with E-state index in [1.807, 2.05) is 0 Å². The Hall–Kier alpha value is -2.04. The Morgan fingerprint density at radius 3 is 2.81 bits per heavy atom. The molecule has 1 atom stereocenters. The molecule has 0 radical (unpaired) electrons. The van der Waals surface area contributed by atoms with Crippen LogP contribution in [0.2, 0.25) is 0 Å². The molecular formula is C11H16N6O3S. The number of methoxy groups -OCH3 is 1. The first-order valence-corrected chi connectivity index (χ1v) is 7.59. The summed E-state index contributed by atoms with van der Waals surface area (Å²) >= 11 is 0. The van der Waals surface area contributed by atoms with Crippen LogP contribution in [0.25, 0.3) is 0 Å². The topological polar surface area (TPSA) is 136 Å². The van der Waals surface area contributed by atoms with Crippen LogP contribution < -0.4 is 15.2 Å². The lowest BCUT2D eigenvalue weighted by Gasteiger charge is -2.14. The van der Waals surface area contributed by atoms with Crippen LogP contribution in [0.15, 0.2) is 23.1 Å². The number of tetrazole rings is 1. The highest BCUT2D eigenvalue weighted by Crippen LogP contribution is 2.26. The van der Waals surface area contributed by atoms with E-state index < -0.39 is 16.1 Å². The van der Waals surface area contributed by atoms with Gasteiger partial charge in [-0.1, -0.05) is 11.3 Å². The minimum absolute atomic E-state index is 0.0255. The Morgan fingerprint density at radius 2 is 2.24 bits per heavy atom. The number of aromatic amines is 1. The van der Waals surface area contributed by atoms with E-state index in [4.69, 9.17) is 10.5 Å². The lowest BCUT2D eigenvalue weighted by Crippen LogP contribution is -2.28. The monoisotopic (exact) mass is 312 g/mol. The molecule has 114 valence electrons. The molecular weight excluding hydrogens is 296 g/mol. The molecule has 0 spiro atoms. The van der Waals surface area contributed by atoms with Gasteiger partial charge in [-0.3, -0.25) is 0 Å². The summed E-state index contributed by atoms with van der Waals surface area (Å²) < 4.78 is 32.4. The summed E-state index contributed by atoms with van der Waals surface area (Å²) in [5.41, 5.74) is 6.30. The van der Waals surface area contributed by atoms with Gasteiger partial charge in [-0.15, -0.1) is 10.2 Å². The molecule has 2 rings (SSSR count). The van der Waals surface area contributed by atoms with Crippen LogP contribution in [0.5, 0.6) is 5.75 Å². The van der Waals surface area contributed by atoms with Gasteiger partial charge in [0.2, 0.25) is 10.0 Å². The third kappa shape index (κ3) is 3.35. The molecule has 4 N–H and O–H groups in total. The Kier molecular flexibility index (Phi) is 4.50. The van der Waals surface area contributed by atoms with E-state index in [9.17, 15) is 8.42 Å². The molecule has 0 bridgehead atoms. The Bertz CT molecular complexity index is 701. The van der Waals surface area contributed by atoms with Gasteiger partial charge in [0.25, 0.3) is 0 Å². The van der Waals surface area contributed by atoms with Gasteiger partial charge in [0.15, 0.2) is 5.82 Å². The molecule has 0 amide bonds. The number of nitrogens with one attached hydrogen (secondary N) is 2. The van der Waals surface area contributed by atoms with Gasteiger partial charge >= 0.3 is 0 Å². The molecule has 21 heavy (non-hydrogen) atoms. The van der Waals surface area contributed by atoms with Gasteiger partial charge in [-0.05, 0) is 24.6 Å². The molecule has 1 heterocycles. The van der Waals surface area contributed by atoms with Crippen molar-refractivity contribution in [3.05, 3.63) is 29.6 Å². The summed E-state index contributed by atoms with van der Waals surface area (Å²) in [6, 6.07) is 4.04. The van der Waals surface area contributed by atoms with Gasteiger partial charge in [-0.2, -0.15) is 5.21 Å². The minimum atomic E-state index is -3.79. The zero-order valence-electron chi connectivity index (χ0n) is 11.6. The fourth-order valence-electron chi connectivity index (χ4n) is 1.76. The van der Waals surface area contributed by atoms with E-state index >= 15 is 0 Å². The third-order valence-corrected chi connectivity index (χ3v) is 4.41. The number of nitrogens with zero attached hydrogens (tertiary/aromatic N) is 3. The molecule has 0 aliphatic rings. The molecule has 0 aliphatic carbocycles. The Morgan fingerprint density at radius 1 is 1.48 bits per heavy atom. The van der Waals surface area contributed by atoms with Gasteiger partial charge in [0.05, 0.1) is 13.2 Å². The highest BCUT2D eigenvalue weighted by atomic mass is 32.2. The lowest BCUT2D eigenvalue weighted by molar-refractivity contribution is 0.401. The van der Waals surface area contributed by atoms with Gasteiger partial charge in [0.1, 0.15) is 10.6 Å². The van der Waals surface area contributed by atoms with Crippen molar-refractivity contribution in [2.24, 2.45) is 5.73 Å². The molecule has 9 nitrogen and oxygen atoms in total. The van der Waals surface area contributed by atoms with E-state index in [1.165, 1.54) is 13.2 Å². The van der Waals surface area contributed by atoms with Crippen molar-refractivity contribution in [2.45, 2.75) is 24.4 Å². The van der Waals surface area contributed by atoms with Gasteiger partial charge < -0.3 is 10.5 Å². The number of rotatable bonds is 6. The second-order valence-electron chi connectivity index (χ2n) is 4.30. The van der Waals surface area contributed by atoms with Crippen molar-refractivity contribution in [1.82, 2.24) is 25.3 Å². The van der Waals surface area contributed by atoms with Crippen molar-refractivity contribution in [1.29, 1.82) is 0 Å². The second kappa shape index (κ2) is 6.16. The van der Waals surface area contributed by atoms with Crippen LogP contribution in [0.1, 0.15) is 24.4 Å². The zero-order chi connectivity index (χ0) is 15.5. The number of ether oxygens (including phenoxy) is 1. The largest absolute Gasteiger partial charge is 0.495 e. The van der Waals surface area contributed by atoms with Crippen molar-refractivity contribution in [3.8, 4) is 5.75 Å². The molecule has 2 aromatic rings. The van der Waals surface area contributed by atoms with Crippen LogP contribution in [-0.2, 0) is 16.6 Å². The van der Waals surface area contributed by atoms with Crippen LogP contribution in [0.3, 0.4) is 0 Å². The summed E-state index contributed by atoms with van der Waals surface area (Å²) in [6.07, 6.45) is 0. The van der Waals surface area contributed by atoms with E-state index in [2.05, 4.69) is 25.3 Å². The van der Waals surface area contributed by atoms with E-state index in [-0.39, 0.29) is 16.5 Å². The average molecular weight is 312 g/mol. The van der Waals surface area contributed by atoms with Crippen molar-refractivity contribution in [3.63, 3.8) is 0 Å². The highest BCUT2D eigenvalue weighted by molar-refractivity contribution is 7.89. The summed E-state index contributed by atoms with van der Waals surface area (Å²) in [7, 11) is -2.39. The van der Waals surface area contributed by atoms with E-state index in [1.54, 1.807) is 19.1 Å². The number of hydrogen-bond acceptors (Lipinski definition) is 7. The van der Waals surface area contributed by atoms with Crippen LogP contribution >= 0.6 is 0 Å². The number of benzene rings is 1. The summed E-state index contributed by atoms with van der Waals surface area (Å²) in [5, 5.41) is 13.1. The van der Waals surface area contributed by atoms with Crippen LogP contribution in [0.4, 0.5) is 0 Å². The maximum absolute atomic E-state index is 12.4. The van der Waals surface area contributed by atoms with E-state index in [0.29, 0.717) is 6.54 Å². The molecule has 10 heteroatoms. The van der Waals surface area contributed by atoms with Crippen molar-refractivity contribution >= 4 is 10.0 Å². The standard InChI is InChI=1S/C11H16N6O3S/c1-7(11-13-16-17-14-11)15-21(18,19)10-4-3-8(6-12)5-9(10)20-2/h3-5,7,15H,6,12H2,1-2H3,(H,13,14,16,17). The van der Waals surface area contributed by atoms with Crippen molar-refractivity contribution in [2.75, 3.05) is 7.11 Å². The minimum Gasteiger partial charge on any atom is -0.495 e. The van der Waals surface area contributed by atoms with E-state index in [0.717, 1.165) is 5.56 Å². The predicted octanol–water partition coefficient (Wildman–Crippen LogP) is -0.293. The second-order valence-corrected chi connectivity index (χ2v) is 5.98. The number of nitrogens with two attached hydrogens (primary N) is 1. The molecule has 0 saturated carbocycles. The maximum Gasteiger partial charge on any atom is 0.244 e. The molecule has 1 aromatic heterocycles. The van der Waals surface area contributed by atoms with Gasteiger partial charge in [-0.25, -0.2) is 13.1 Å². The summed E-state index contributed by atoms with van der Waals surface area (Å²) in [5.74, 6) is 0.474. The Labute approximate surface area is 121 Å². The van der Waals surface area contributed by atoms with Crippen LogP contribution in [-0.4, -0.2) is 36.2 Å². The number of sulfonamides is 1. The molecule has 1 aromatic carbocycles. The van der Waals surface area contributed by atoms with Crippen LogP contribution in [0, 0.1) is 0 Å². The van der Waals surface area contributed by atoms with Gasteiger partial charge in [0, 0.05) is 6.54 Å². The SMILES string of the molecule is COc1cc(CN)ccc1S(=O)(=O)NC(C)c1nn[nH]n1. The zero-order valence-corrected chi connectivity index (χ0v) is 12.4. The summed E-state index contributed by atoms with van der Waals surface area (Å²) in [4.78, 5) is 0.0255. The number of H-pyrrole nitrogens is 1. The molecule has 1 unspecified atom stereocenters. The third-order valence-electron chi connectivity index (χ3n) is 2.83. The average Bonchev–Trinajstić information content (AvgIpc) is 3.00. The summed E-state index contributed by atoms with van der Waals surface area (Å²) in [6.45, 7) is 1.91. The Balaban J connectivity index is 2.31. The molecule has 0 aliphatic heterocycles. The number of hydrogen-bond donors (Lipinski definition) is 3. The normalized spacial score (nSPS) is 13.1. The quantitative estimate of drug-likeness (QED) is 0.666. The number of aromatic nitrogens is 4. The maximum atomic E-state index is 12.4. The highest BCUT2D eigenvalue weighted by Gasteiger charge is 2.24. The van der Waals surface area contributed by atoms with Crippen molar-refractivity contribution < 1.29 is 13.2 Å². The first kappa shape index (κ1) is 15.4. The first-order chi connectivity index (χ1) is 9.97. The smallest absolute Gasteiger partial charge is 0.244 e. The fraction of sp³-hybridized carbons (Fsp3) is 0.364. The molecule has 0 fully saturated rings. The fourth-order valence-corrected chi connectivity index (χ4v) is 3.11. The molecule has 0 saturated heterocycles.